The molecule has 0 spiro atoms. The summed E-state index contributed by atoms with van der Waals surface area (Å²) in [7, 11) is -1.55. The molecule has 3 rings (SSSR count). The summed E-state index contributed by atoms with van der Waals surface area (Å²) in [5.74, 6) is 0.0594. The van der Waals surface area contributed by atoms with Crippen LogP contribution in [0.3, 0.4) is 0 Å². The zero-order valence-electron chi connectivity index (χ0n) is 17.2. The number of rotatable bonds is 6. The van der Waals surface area contributed by atoms with Gasteiger partial charge in [-0.3, -0.25) is 4.79 Å². The number of likely N-dealkylation sites (N-methyl/N-ethyl adjacent to an activating group) is 1. The van der Waals surface area contributed by atoms with Gasteiger partial charge in [-0.25, -0.2) is 13.2 Å². The second-order valence-electron chi connectivity index (χ2n) is 7.76. The van der Waals surface area contributed by atoms with Crippen molar-refractivity contribution >= 4 is 38.3 Å². The van der Waals surface area contributed by atoms with Crippen molar-refractivity contribution in [3.8, 4) is 5.75 Å². The van der Waals surface area contributed by atoms with E-state index in [-0.39, 0.29) is 42.0 Å². The molecule has 2 aromatic rings. The van der Waals surface area contributed by atoms with Crippen LogP contribution in [0.4, 0.5) is 0 Å². The van der Waals surface area contributed by atoms with Crippen molar-refractivity contribution in [2.45, 2.75) is 32.7 Å². The van der Waals surface area contributed by atoms with Crippen LogP contribution in [-0.4, -0.2) is 50.4 Å². The minimum atomic E-state index is -3.12. The quantitative estimate of drug-likeness (QED) is 0.493. The molecule has 1 atom stereocenters. The van der Waals surface area contributed by atoms with Crippen LogP contribution in [0.15, 0.2) is 33.5 Å². The van der Waals surface area contributed by atoms with Gasteiger partial charge in [-0.05, 0) is 37.5 Å². The molecule has 0 unspecified atom stereocenters. The van der Waals surface area contributed by atoms with E-state index < -0.39 is 15.5 Å². The summed E-state index contributed by atoms with van der Waals surface area (Å²) in [4.78, 5) is 26.7. The lowest BCUT2D eigenvalue weighted by Gasteiger charge is -2.23. The van der Waals surface area contributed by atoms with E-state index >= 15 is 0 Å². The van der Waals surface area contributed by atoms with E-state index in [4.69, 9.17) is 20.8 Å². The molecule has 2 heterocycles. The van der Waals surface area contributed by atoms with Gasteiger partial charge in [0.2, 0.25) is 5.91 Å². The van der Waals surface area contributed by atoms with Crippen LogP contribution in [0.25, 0.3) is 11.0 Å². The highest BCUT2D eigenvalue weighted by Crippen LogP contribution is 2.32. The third-order valence-corrected chi connectivity index (χ3v) is 7.34. The van der Waals surface area contributed by atoms with E-state index in [1.54, 1.807) is 26.1 Å². The lowest BCUT2D eigenvalue weighted by atomic mass is 10.0. The van der Waals surface area contributed by atoms with Crippen LogP contribution in [0.1, 0.15) is 24.5 Å². The molecule has 1 fully saturated rings. The van der Waals surface area contributed by atoms with Crippen molar-refractivity contribution in [1.82, 2.24) is 4.90 Å². The summed E-state index contributed by atoms with van der Waals surface area (Å²) >= 11 is 6.31. The van der Waals surface area contributed by atoms with Gasteiger partial charge in [0.1, 0.15) is 17.9 Å². The number of aryl methyl sites for hydroxylation is 1. The number of benzene rings is 1. The first-order chi connectivity index (χ1) is 14.0. The predicted octanol–water partition coefficient (Wildman–Crippen LogP) is 2.90. The number of amides is 1. The van der Waals surface area contributed by atoms with E-state index in [1.165, 1.54) is 4.90 Å². The summed E-state index contributed by atoms with van der Waals surface area (Å²) in [6.07, 6.45) is 0.223. The Morgan fingerprint density at radius 3 is 2.70 bits per heavy atom. The van der Waals surface area contributed by atoms with Gasteiger partial charge in [-0.15, -0.1) is 0 Å². The highest BCUT2D eigenvalue weighted by Gasteiger charge is 2.33. The number of hydrogen-bond donors (Lipinski definition) is 0. The first-order valence-electron chi connectivity index (χ1n) is 9.47. The molecule has 162 valence electrons. The van der Waals surface area contributed by atoms with Crippen LogP contribution in [0.2, 0.25) is 5.02 Å². The smallest absolute Gasteiger partial charge is 0.340 e. The van der Waals surface area contributed by atoms with Gasteiger partial charge < -0.3 is 14.1 Å². The predicted molar refractivity (Wildman–Crippen MR) is 116 cm³/mol. The van der Waals surface area contributed by atoms with Crippen LogP contribution in [0, 0.1) is 6.92 Å². The fourth-order valence-electron chi connectivity index (χ4n) is 3.47. The van der Waals surface area contributed by atoms with Gasteiger partial charge in [-0.1, -0.05) is 18.2 Å². The Bertz CT molecular complexity index is 1180. The molecule has 7 nitrogen and oxygen atoms in total. The van der Waals surface area contributed by atoms with Crippen LogP contribution in [0.5, 0.6) is 5.75 Å². The molecule has 9 heteroatoms. The summed E-state index contributed by atoms with van der Waals surface area (Å²) in [5, 5.41) is 0.961. The summed E-state index contributed by atoms with van der Waals surface area (Å²) < 4.78 is 34.4. The normalized spacial score (nSPS) is 17.8. The van der Waals surface area contributed by atoms with E-state index in [1.807, 2.05) is 6.92 Å². The van der Waals surface area contributed by atoms with Gasteiger partial charge in [0.25, 0.3) is 0 Å². The first kappa shape index (κ1) is 22.4. The lowest BCUT2D eigenvalue weighted by Crippen LogP contribution is -2.39. The third-order valence-electron chi connectivity index (χ3n) is 5.29. The van der Waals surface area contributed by atoms with Crippen LogP contribution in [-0.2, 0) is 21.1 Å². The standard InChI is InChI=1S/C21H24ClNO6S/c1-12(2)10-28-19-9-18-15(7-17(19)22)13(3)16(21(25)29-18)8-20(24)23(4)14-5-6-30(26,27)11-14/h7,9,14H,1,5-6,8,10-11H2,2-4H3/t14-/m0/s1. The molecule has 1 saturated heterocycles. The molecule has 1 amide bonds. The highest BCUT2D eigenvalue weighted by atomic mass is 35.5. The Hall–Kier alpha value is -2.32. The molecule has 1 aliphatic rings. The van der Waals surface area contributed by atoms with Gasteiger partial charge in [-0.2, -0.15) is 0 Å². The second-order valence-corrected chi connectivity index (χ2v) is 10.4. The maximum absolute atomic E-state index is 12.7. The molecular weight excluding hydrogens is 430 g/mol. The van der Waals surface area contributed by atoms with Crippen molar-refractivity contribution in [3.05, 3.63) is 50.9 Å². The summed E-state index contributed by atoms with van der Waals surface area (Å²) in [5.41, 5.74) is 1.33. The number of hydrogen-bond acceptors (Lipinski definition) is 6. The molecular formula is C21H24ClNO6S. The summed E-state index contributed by atoms with van der Waals surface area (Å²) in [6, 6.07) is 2.82. The third kappa shape index (κ3) is 4.70. The Balaban J connectivity index is 1.89. The van der Waals surface area contributed by atoms with Crippen molar-refractivity contribution < 1.29 is 22.4 Å². The molecule has 0 saturated carbocycles. The number of sulfone groups is 1. The molecule has 30 heavy (non-hydrogen) atoms. The van der Waals surface area contributed by atoms with Gasteiger partial charge >= 0.3 is 5.63 Å². The number of nitrogens with zero attached hydrogens (tertiary/aromatic N) is 1. The Kier molecular flexibility index (Phi) is 6.29. The van der Waals surface area contributed by atoms with Crippen molar-refractivity contribution in [2.24, 2.45) is 0 Å². The molecule has 0 N–H and O–H groups in total. The average Bonchev–Trinajstić information content (AvgIpc) is 3.03. The minimum Gasteiger partial charge on any atom is -0.488 e. The Morgan fingerprint density at radius 2 is 2.10 bits per heavy atom. The molecule has 0 aliphatic carbocycles. The van der Waals surface area contributed by atoms with E-state index in [0.29, 0.717) is 33.7 Å². The molecule has 0 bridgehead atoms. The highest BCUT2D eigenvalue weighted by molar-refractivity contribution is 7.91. The minimum absolute atomic E-state index is 0.0525. The van der Waals surface area contributed by atoms with Crippen LogP contribution >= 0.6 is 11.6 Å². The first-order valence-corrected chi connectivity index (χ1v) is 11.7. The fraction of sp³-hybridized carbons (Fsp3) is 0.429. The SMILES string of the molecule is C=C(C)COc1cc2oc(=O)c(CC(=O)N(C)[C@H]3CCS(=O)(=O)C3)c(C)c2cc1Cl. The maximum atomic E-state index is 12.7. The molecule has 0 radical (unpaired) electrons. The number of carbonyl (C=O) groups excluding carboxylic acids is 1. The average molecular weight is 454 g/mol. The lowest BCUT2D eigenvalue weighted by molar-refractivity contribution is -0.130. The Labute approximate surface area is 180 Å². The largest absolute Gasteiger partial charge is 0.488 e. The van der Waals surface area contributed by atoms with Crippen molar-refractivity contribution in [2.75, 3.05) is 25.2 Å². The number of halogens is 1. The molecule has 1 aliphatic heterocycles. The number of carbonyl (C=O) groups is 1. The number of fused-ring (bicyclic) bond motifs is 1. The Morgan fingerprint density at radius 1 is 1.40 bits per heavy atom. The van der Waals surface area contributed by atoms with Gasteiger partial charge in [0.15, 0.2) is 9.84 Å². The van der Waals surface area contributed by atoms with E-state index in [2.05, 4.69) is 6.58 Å². The topological polar surface area (TPSA) is 93.9 Å². The van der Waals surface area contributed by atoms with Crippen molar-refractivity contribution in [1.29, 1.82) is 0 Å². The number of ether oxygens (including phenoxy) is 1. The van der Waals surface area contributed by atoms with E-state index in [0.717, 1.165) is 5.57 Å². The zero-order valence-corrected chi connectivity index (χ0v) is 18.7. The van der Waals surface area contributed by atoms with Gasteiger partial charge in [0.05, 0.1) is 28.5 Å². The van der Waals surface area contributed by atoms with Gasteiger partial charge in [0, 0.05) is 24.5 Å². The maximum Gasteiger partial charge on any atom is 0.340 e. The molecule has 1 aromatic heterocycles. The monoisotopic (exact) mass is 453 g/mol. The zero-order chi connectivity index (χ0) is 22.2. The second kappa shape index (κ2) is 8.43. The van der Waals surface area contributed by atoms with Crippen molar-refractivity contribution in [3.63, 3.8) is 0 Å². The fourth-order valence-corrected chi connectivity index (χ4v) is 5.46. The van der Waals surface area contributed by atoms with Crippen LogP contribution < -0.4 is 10.4 Å². The molecule has 1 aromatic carbocycles. The van der Waals surface area contributed by atoms with E-state index in [9.17, 15) is 18.0 Å². The summed E-state index contributed by atoms with van der Waals surface area (Å²) in [6.45, 7) is 7.60.